The lowest BCUT2D eigenvalue weighted by Gasteiger charge is -2.05. The van der Waals surface area contributed by atoms with Crippen molar-refractivity contribution < 1.29 is 9.18 Å². The first-order valence-electron chi connectivity index (χ1n) is 7.50. The van der Waals surface area contributed by atoms with Crippen LogP contribution in [0.3, 0.4) is 0 Å². The first-order valence-corrected chi connectivity index (χ1v) is 7.88. The molecule has 0 saturated carbocycles. The zero-order valence-electron chi connectivity index (χ0n) is 13.0. The molecule has 2 aromatic heterocycles. The monoisotopic (exact) mass is 340 g/mol. The zero-order chi connectivity index (χ0) is 17.3. The Bertz CT molecular complexity index is 965. The highest BCUT2D eigenvalue weighted by Gasteiger charge is 2.25. The van der Waals surface area contributed by atoms with E-state index in [-0.39, 0.29) is 10.6 Å². The Morgan fingerprint density at radius 2 is 2.04 bits per heavy atom. The van der Waals surface area contributed by atoms with Gasteiger partial charge in [0, 0.05) is 24.7 Å². The van der Waals surface area contributed by atoms with Gasteiger partial charge in [-0.1, -0.05) is 23.7 Å². The van der Waals surface area contributed by atoms with Crippen LogP contribution in [-0.2, 0) is 6.42 Å². The molecule has 0 radical (unpaired) electrons. The van der Waals surface area contributed by atoms with Crippen molar-refractivity contribution in [1.82, 2.24) is 4.40 Å². The molecule has 1 aromatic carbocycles. The number of fused-ring (bicyclic) bond motifs is 1. The summed E-state index contributed by atoms with van der Waals surface area (Å²) in [5.74, 6) is -1.08. The largest absolute Gasteiger partial charge is 0.320 e. The molecule has 0 bridgehead atoms. The van der Waals surface area contributed by atoms with Gasteiger partial charge in [0.05, 0.1) is 27.7 Å². The molecule has 0 aliphatic rings. The lowest BCUT2D eigenvalue weighted by molar-refractivity contribution is 0.103. The molecule has 3 nitrogen and oxygen atoms in total. The molecular formula is C19H14ClFN2O. The Balaban J connectivity index is 2.25. The number of carbonyl (C=O) groups is 1. The van der Waals surface area contributed by atoms with Crippen LogP contribution in [0.2, 0.25) is 5.02 Å². The Kier molecular flexibility index (Phi) is 4.37. The third-order valence-electron chi connectivity index (χ3n) is 4.11. The van der Waals surface area contributed by atoms with E-state index in [1.54, 1.807) is 0 Å². The number of hydrogen-bond donors (Lipinski definition) is 0. The van der Waals surface area contributed by atoms with E-state index < -0.39 is 11.6 Å². The second-order valence-electron chi connectivity index (χ2n) is 5.49. The molecule has 0 aliphatic heterocycles. The molecule has 0 aliphatic carbocycles. The average molecular weight is 341 g/mol. The van der Waals surface area contributed by atoms with E-state index in [1.807, 2.05) is 35.7 Å². The summed E-state index contributed by atoms with van der Waals surface area (Å²) in [6.45, 7) is 1.82. The standard InChI is InChI=1S/C19H14ClFN2O/c1-12-15(9-5-10-22)23-11-3-2-8-16(23)17(12)19(24)18-13(20)6-4-7-14(18)21/h2-4,6-8,11H,5,9H2,1H3. The van der Waals surface area contributed by atoms with Crippen molar-refractivity contribution in [3.63, 3.8) is 0 Å². The molecule has 0 N–H and O–H groups in total. The van der Waals surface area contributed by atoms with Crippen molar-refractivity contribution in [3.05, 3.63) is 75.8 Å². The van der Waals surface area contributed by atoms with Crippen molar-refractivity contribution in [3.8, 4) is 6.07 Å². The summed E-state index contributed by atoms with van der Waals surface area (Å²) >= 11 is 6.06. The molecule has 0 atom stereocenters. The van der Waals surface area contributed by atoms with Gasteiger partial charge >= 0.3 is 0 Å². The van der Waals surface area contributed by atoms with Crippen molar-refractivity contribution in [1.29, 1.82) is 5.26 Å². The van der Waals surface area contributed by atoms with Crippen LogP contribution in [0, 0.1) is 24.1 Å². The fourth-order valence-electron chi connectivity index (χ4n) is 3.01. The SMILES string of the molecule is Cc1c(C(=O)c2c(F)cccc2Cl)c2ccccn2c1CCC#N. The Morgan fingerprint density at radius 3 is 2.75 bits per heavy atom. The predicted octanol–water partition coefficient (Wildman–Crippen LogP) is 4.73. The van der Waals surface area contributed by atoms with Gasteiger partial charge in [0.2, 0.25) is 0 Å². The number of rotatable bonds is 4. The lowest BCUT2D eigenvalue weighted by Crippen LogP contribution is -2.06. The van der Waals surface area contributed by atoms with Crippen LogP contribution in [0.1, 0.15) is 33.6 Å². The van der Waals surface area contributed by atoms with Crippen LogP contribution in [-0.4, -0.2) is 10.2 Å². The van der Waals surface area contributed by atoms with Gasteiger partial charge in [0.15, 0.2) is 5.78 Å². The summed E-state index contributed by atoms with van der Waals surface area (Å²) < 4.78 is 16.1. The van der Waals surface area contributed by atoms with Gasteiger partial charge in [0.1, 0.15) is 5.82 Å². The van der Waals surface area contributed by atoms with Crippen molar-refractivity contribution >= 4 is 22.9 Å². The van der Waals surface area contributed by atoms with Crippen LogP contribution in [0.5, 0.6) is 0 Å². The maximum Gasteiger partial charge on any atom is 0.199 e. The quantitative estimate of drug-likeness (QED) is 0.645. The summed E-state index contributed by atoms with van der Waals surface area (Å²) in [6, 6.07) is 11.8. The van der Waals surface area contributed by atoms with Gasteiger partial charge < -0.3 is 4.40 Å². The van der Waals surface area contributed by atoms with Crippen molar-refractivity contribution in [2.75, 3.05) is 0 Å². The van der Waals surface area contributed by atoms with E-state index in [0.29, 0.717) is 23.9 Å². The highest BCUT2D eigenvalue weighted by atomic mass is 35.5. The molecule has 24 heavy (non-hydrogen) atoms. The summed E-state index contributed by atoms with van der Waals surface area (Å²) in [5.41, 5.74) is 2.62. The van der Waals surface area contributed by atoms with Gasteiger partial charge in [0.25, 0.3) is 0 Å². The maximum atomic E-state index is 14.2. The molecule has 3 aromatic rings. The van der Waals surface area contributed by atoms with Gasteiger partial charge in [-0.15, -0.1) is 0 Å². The summed E-state index contributed by atoms with van der Waals surface area (Å²) in [6.07, 6.45) is 2.70. The van der Waals surface area contributed by atoms with E-state index in [4.69, 9.17) is 16.9 Å². The number of nitriles is 1. The summed E-state index contributed by atoms with van der Waals surface area (Å²) in [5, 5.41) is 8.96. The molecule has 5 heteroatoms. The third-order valence-corrected chi connectivity index (χ3v) is 4.42. The van der Waals surface area contributed by atoms with E-state index in [1.165, 1.54) is 18.2 Å². The first kappa shape index (κ1) is 16.2. The van der Waals surface area contributed by atoms with Crippen LogP contribution >= 0.6 is 11.6 Å². The van der Waals surface area contributed by atoms with Gasteiger partial charge in [-0.25, -0.2) is 4.39 Å². The fourth-order valence-corrected chi connectivity index (χ4v) is 3.26. The second-order valence-corrected chi connectivity index (χ2v) is 5.89. The molecule has 0 saturated heterocycles. The van der Waals surface area contributed by atoms with E-state index >= 15 is 0 Å². The molecule has 120 valence electrons. The topological polar surface area (TPSA) is 45.3 Å². The number of benzene rings is 1. The number of ketones is 1. The number of pyridine rings is 1. The first-order chi connectivity index (χ1) is 11.6. The smallest absolute Gasteiger partial charge is 0.199 e. The van der Waals surface area contributed by atoms with Crippen LogP contribution in [0.25, 0.3) is 5.52 Å². The highest BCUT2D eigenvalue weighted by Crippen LogP contribution is 2.30. The van der Waals surface area contributed by atoms with Crippen molar-refractivity contribution in [2.45, 2.75) is 19.8 Å². The molecule has 2 heterocycles. The molecule has 0 fully saturated rings. The molecule has 0 spiro atoms. The van der Waals surface area contributed by atoms with E-state index in [9.17, 15) is 9.18 Å². The average Bonchev–Trinajstić information content (AvgIpc) is 2.84. The normalized spacial score (nSPS) is 10.8. The van der Waals surface area contributed by atoms with E-state index in [2.05, 4.69) is 6.07 Å². The van der Waals surface area contributed by atoms with Crippen LogP contribution in [0.4, 0.5) is 4.39 Å². The minimum atomic E-state index is -0.638. The zero-order valence-corrected chi connectivity index (χ0v) is 13.8. The predicted molar refractivity (Wildman–Crippen MR) is 90.9 cm³/mol. The molecule has 0 amide bonds. The number of halogens is 2. The number of carbonyl (C=O) groups excluding carboxylic acids is 1. The molecular weight excluding hydrogens is 327 g/mol. The summed E-state index contributed by atoms with van der Waals surface area (Å²) in [7, 11) is 0. The highest BCUT2D eigenvalue weighted by molar-refractivity contribution is 6.35. The lowest BCUT2D eigenvalue weighted by atomic mass is 9.99. The van der Waals surface area contributed by atoms with Crippen molar-refractivity contribution in [2.24, 2.45) is 0 Å². The second kappa shape index (κ2) is 6.46. The minimum absolute atomic E-state index is 0.0910. The minimum Gasteiger partial charge on any atom is -0.320 e. The Labute approximate surface area is 143 Å². The Hall–Kier alpha value is -2.64. The fraction of sp³-hybridized carbons (Fsp3) is 0.158. The van der Waals surface area contributed by atoms with Gasteiger partial charge in [-0.2, -0.15) is 5.26 Å². The number of aromatic nitrogens is 1. The van der Waals surface area contributed by atoms with Crippen LogP contribution in [0.15, 0.2) is 42.6 Å². The third kappa shape index (κ3) is 2.57. The Morgan fingerprint density at radius 1 is 1.25 bits per heavy atom. The van der Waals surface area contributed by atoms with Crippen LogP contribution < -0.4 is 0 Å². The van der Waals surface area contributed by atoms with E-state index in [0.717, 1.165) is 11.3 Å². The number of hydrogen-bond acceptors (Lipinski definition) is 2. The maximum absolute atomic E-state index is 14.2. The summed E-state index contributed by atoms with van der Waals surface area (Å²) in [4.78, 5) is 13.0. The van der Waals surface area contributed by atoms with Gasteiger partial charge in [-0.3, -0.25) is 4.79 Å². The number of aryl methyl sites for hydroxylation is 1. The molecule has 3 rings (SSSR count). The molecule has 0 unspecified atom stereocenters. The van der Waals surface area contributed by atoms with Gasteiger partial charge in [-0.05, 0) is 36.8 Å². The number of nitrogens with zero attached hydrogens (tertiary/aromatic N) is 2.